The van der Waals surface area contributed by atoms with E-state index in [2.05, 4.69) is 10.6 Å². The Morgan fingerprint density at radius 2 is 1.68 bits per heavy atom. The molecule has 1 fully saturated rings. The molecule has 37 heavy (non-hydrogen) atoms. The lowest BCUT2D eigenvalue weighted by atomic mass is 10.1. The molecular weight excluding hydrogens is 498 g/mol. The molecule has 9 nitrogen and oxygen atoms in total. The molecule has 0 aliphatic carbocycles. The molecule has 0 aromatic heterocycles. The highest BCUT2D eigenvalue weighted by Gasteiger charge is 2.37. The second kappa shape index (κ2) is 11.4. The van der Waals surface area contributed by atoms with Crippen LogP contribution in [0.5, 0.6) is 11.5 Å². The lowest BCUT2D eigenvalue weighted by Gasteiger charge is -2.26. The van der Waals surface area contributed by atoms with Gasteiger partial charge in [-0.1, -0.05) is 41.9 Å². The Hall–Kier alpha value is -4.63. The Balaban J connectivity index is 1.54. The Morgan fingerprint density at radius 1 is 0.973 bits per heavy atom. The van der Waals surface area contributed by atoms with Gasteiger partial charge in [0.1, 0.15) is 17.1 Å². The molecule has 1 aliphatic rings. The van der Waals surface area contributed by atoms with Crippen molar-refractivity contribution in [3.8, 4) is 11.5 Å². The van der Waals surface area contributed by atoms with Gasteiger partial charge in [-0.15, -0.1) is 0 Å². The number of hydrogen-bond donors (Lipinski definition) is 2. The lowest BCUT2D eigenvalue weighted by molar-refractivity contribution is -0.122. The average Bonchev–Trinajstić information content (AvgIpc) is 2.88. The minimum Gasteiger partial charge on any atom is -0.494 e. The van der Waals surface area contributed by atoms with Crippen LogP contribution in [0.3, 0.4) is 0 Å². The first-order chi connectivity index (χ1) is 17.9. The number of benzene rings is 3. The molecule has 0 saturated carbocycles. The van der Waals surface area contributed by atoms with Gasteiger partial charge in [0.15, 0.2) is 6.61 Å². The molecular formula is C27H22ClN3O6. The van der Waals surface area contributed by atoms with E-state index in [0.29, 0.717) is 28.6 Å². The third-order valence-corrected chi connectivity index (χ3v) is 5.56. The van der Waals surface area contributed by atoms with Crippen LogP contribution >= 0.6 is 11.6 Å². The maximum Gasteiger partial charge on any atom is 0.335 e. The number of ether oxygens (including phenoxy) is 2. The van der Waals surface area contributed by atoms with Gasteiger partial charge in [-0.3, -0.25) is 19.7 Å². The molecule has 5 amide bonds. The third kappa shape index (κ3) is 5.96. The summed E-state index contributed by atoms with van der Waals surface area (Å²) < 4.78 is 11.0. The van der Waals surface area contributed by atoms with Gasteiger partial charge in [-0.05, 0) is 55.5 Å². The summed E-state index contributed by atoms with van der Waals surface area (Å²) in [5, 5.41) is 5.22. The molecule has 0 radical (unpaired) electrons. The zero-order valence-electron chi connectivity index (χ0n) is 19.7. The molecule has 0 atom stereocenters. The zero-order valence-corrected chi connectivity index (χ0v) is 20.5. The number of barbiturate groups is 1. The first-order valence-electron chi connectivity index (χ1n) is 11.3. The Morgan fingerprint density at radius 3 is 2.41 bits per heavy atom. The fourth-order valence-corrected chi connectivity index (χ4v) is 3.71. The molecule has 0 bridgehead atoms. The van der Waals surface area contributed by atoms with Crippen molar-refractivity contribution in [1.29, 1.82) is 0 Å². The summed E-state index contributed by atoms with van der Waals surface area (Å²) in [5.74, 6) is -1.26. The van der Waals surface area contributed by atoms with Crippen molar-refractivity contribution in [2.75, 3.05) is 23.4 Å². The van der Waals surface area contributed by atoms with Crippen molar-refractivity contribution in [2.24, 2.45) is 0 Å². The number of anilines is 2. The molecule has 1 saturated heterocycles. The number of halogens is 1. The van der Waals surface area contributed by atoms with E-state index in [1.54, 1.807) is 72.8 Å². The molecule has 0 spiro atoms. The van der Waals surface area contributed by atoms with Crippen LogP contribution < -0.4 is 25.0 Å². The number of carbonyl (C=O) groups excluding carboxylic acids is 4. The van der Waals surface area contributed by atoms with Crippen LogP contribution in [-0.2, 0) is 14.4 Å². The van der Waals surface area contributed by atoms with Crippen LogP contribution in [0, 0.1) is 0 Å². The van der Waals surface area contributed by atoms with Gasteiger partial charge in [0.2, 0.25) is 0 Å². The highest BCUT2D eigenvalue weighted by atomic mass is 35.5. The summed E-state index contributed by atoms with van der Waals surface area (Å²) >= 11 is 6.07. The van der Waals surface area contributed by atoms with Crippen LogP contribution in [0.25, 0.3) is 6.08 Å². The quantitative estimate of drug-likeness (QED) is 0.336. The Labute approximate surface area is 217 Å². The van der Waals surface area contributed by atoms with Crippen LogP contribution in [-0.4, -0.2) is 37.0 Å². The summed E-state index contributed by atoms with van der Waals surface area (Å²) in [6.45, 7) is 1.96. The number of hydrogen-bond acceptors (Lipinski definition) is 6. The summed E-state index contributed by atoms with van der Waals surface area (Å²) in [7, 11) is 0. The minimum absolute atomic E-state index is 0.259. The van der Waals surface area contributed by atoms with E-state index < -0.39 is 23.8 Å². The molecule has 1 aliphatic heterocycles. The number of carbonyl (C=O) groups is 4. The molecule has 2 N–H and O–H groups in total. The van der Waals surface area contributed by atoms with Gasteiger partial charge in [0, 0.05) is 5.56 Å². The van der Waals surface area contributed by atoms with Crippen molar-refractivity contribution < 1.29 is 28.7 Å². The van der Waals surface area contributed by atoms with Crippen molar-refractivity contribution in [2.45, 2.75) is 6.92 Å². The monoisotopic (exact) mass is 519 g/mol. The predicted molar refractivity (Wildman–Crippen MR) is 139 cm³/mol. The second-order valence-corrected chi connectivity index (χ2v) is 8.15. The number of nitrogens with zero attached hydrogens (tertiary/aromatic N) is 1. The first-order valence-corrected chi connectivity index (χ1v) is 11.7. The second-order valence-electron chi connectivity index (χ2n) is 7.74. The van der Waals surface area contributed by atoms with Crippen LogP contribution in [0.2, 0.25) is 5.02 Å². The first kappa shape index (κ1) is 25.5. The third-order valence-electron chi connectivity index (χ3n) is 5.23. The van der Waals surface area contributed by atoms with E-state index in [-0.39, 0.29) is 23.6 Å². The fraction of sp³-hybridized carbons (Fsp3) is 0.111. The number of urea groups is 1. The van der Waals surface area contributed by atoms with Gasteiger partial charge >= 0.3 is 6.03 Å². The SMILES string of the molecule is CCOc1ccc(N2C(=O)NC(=O)/C(=C\c3ccccc3OCC(=O)Nc3ccccc3Cl)C2=O)cc1. The number of rotatable bonds is 8. The van der Waals surface area contributed by atoms with Crippen LogP contribution in [0.1, 0.15) is 12.5 Å². The molecule has 188 valence electrons. The number of para-hydroxylation sites is 2. The molecule has 1 heterocycles. The molecule has 3 aromatic carbocycles. The van der Waals surface area contributed by atoms with Gasteiger partial charge in [-0.2, -0.15) is 0 Å². The van der Waals surface area contributed by atoms with Gasteiger partial charge in [0.25, 0.3) is 17.7 Å². The Bertz CT molecular complexity index is 1390. The van der Waals surface area contributed by atoms with E-state index >= 15 is 0 Å². The predicted octanol–water partition coefficient (Wildman–Crippen LogP) is 4.42. The summed E-state index contributed by atoms with van der Waals surface area (Å²) in [4.78, 5) is 51.5. The highest BCUT2D eigenvalue weighted by Crippen LogP contribution is 2.27. The lowest BCUT2D eigenvalue weighted by Crippen LogP contribution is -2.54. The van der Waals surface area contributed by atoms with Crippen molar-refractivity contribution in [3.63, 3.8) is 0 Å². The van der Waals surface area contributed by atoms with E-state index in [1.165, 1.54) is 6.08 Å². The van der Waals surface area contributed by atoms with Gasteiger partial charge in [0.05, 0.1) is 23.0 Å². The Kier molecular flexibility index (Phi) is 7.85. The smallest absolute Gasteiger partial charge is 0.335 e. The maximum absolute atomic E-state index is 13.2. The number of imide groups is 2. The summed E-state index contributed by atoms with van der Waals surface area (Å²) in [5.41, 5.74) is 0.805. The van der Waals surface area contributed by atoms with Gasteiger partial charge in [-0.25, -0.2) is 9.69 Å². The van der Waals surface area contributed by atoms with Crippen LogP contribution in [0.15, 0.2) is 78.4 Å². The summed E-state index contributed by atoms with van der Waals surface area (Å²) in [6.07, 6.45) is 1.31. The molecule has 0 unspecified atom stereocenters. The highest BCUT2D eigenvalue weighted by molar-refractivity contribution is 6.39. The summed E-state index contributed by atoms with van der Waals surface area (Å²) in [6, 6.07) is 18.8. The van der Waals surface area contributed by atoms with E-state index in [9.17, 15) is 19.2 Å². The van der Waals surface area contributed by atoms with Crippen molar-refractivity contribution in [1.82, 2.24) is 5.32 Å². The molecule has 10 heteroatoms. The molecule has 3 aromatic rings. The van der Waals surface area contributed by atoms with Crippen LogP contribution in [0.4, 0.5) is 16.2 Å². The fourth-order valence-electron chi connectivity index (χ4n) is 3.53. The average molecular weight is 520 g/mol. The van der Waals surface area contributed by atoms with Crippen molar-refractivity contribution >= 4 is 52.8 Å². The molecule has 4 rings (SSSR count). The number of nitrogens with one attached hydrogen (secondary N) is 2. The largest absolute Gasteiger partial charge is 0.494 e. The maximum atomic E-state index is 13.2. The van der Waals surface area contributed by atoms with Gasteiger partial charge < -0.3 is 14.8 Å². The number of amides is 5. The topological polar surface area (TPSA) is 114 Å². The van der Waals surface area contributed by atoms with E-state index in [0.717, 1.165) is 4.90 Å². The normalized spacial score (nSPS) is 14.4. The minimum atomic E-state index is -0.864. The zero-order chi connectivity index (χ0) is 26.4. The van der Waals surface area contributed by atoms with E-state index in [4.69, 9.17) is 21.1 Å². The van der Waals surface area contributed by atoms with E-state index in [1.807, 2.05) is 6.92 Å². The standard InChI is InChI=1S/C27H22ClN3O6/c1-2-36-19-13-11-18(12-14-19)31-26(34)20(25(33)30-27(31)35)15-17-7-3-6-10-23(17)37-16-24(32)29-22-9-5-4-8-21(22)28/h3-15H,2,16H2,1H3,(H,29,32)(H,30,33,35)/b20-15+. The van der Waals surface area contributed by atoms with Crippen molar-refractivity contribution in [3.05, 3.63) is 89.0 Å².